The molecule has 0 unspecified atom stereocenters. The van der Waals surface area contributed by atoms with E-state index in [1.807, 2.05) is 0 Å². The molecule has 6 heteroatoms. The van der Waals surface area contributed by atoms with Gasteiger partial charge in [0.1, 0.15) is 6.61 Å². The first kappa shape index (κ1) is 16.7. The number of halogens is 5. The van der Waals surface area contributed by atoms with Gasteiger partial charge in [0, 0.05) is 17.3 Å². The van der Waals surface area contributed by atoms with Crippen molar-refractivity contribution in [1.29, 1.82) is 0 Å². The Morgan fingerprint density at radius 1 is 1.12 bits per heavy atom. The summed E-state index contributed by atoms with van der Waals surface area (Å²) in [7, 11) is 0. The Kier molecular flexibility index (Phi) is 7.53. The average Bonchev–Trinajstić information content (AvgIpc) is 2.17. The van der Waals surface area contributed by atoms with Gasteiger partial charge in [-0.2, -0.15) is 13.2 Å². The second-order valence-electron chi connectivity index (χ2n) is 4.20. The summed E-state index contributed by atoms with van der Waals surface area (Å²) in [6.07, 6.45) is -3.62. The Hall–Kier alpha value is 0.710. The molecular weight excluding hydrogens is 353 g/mol. The predicted octanol–water partition coefficient (Wildman–Crippen LogP) is 4.39. The minimum Gasteiger partial charge on any atom is -0.372 e. The monoisotopic (exact) mass is 368 g/mol. The molecule has 0 radical (unpaired) electrons. The van der Waals surface area contributed by atoms with Crippen LogP contribution in [0, 0.1) is 11.3 Å². The zero-order valence-electron chi connectivity index (χ0n) is 9.41. The maximum atomic E-state index is 11.9. The molecule has 0 heterocycles. The van der Waals surface area contributed by atoms with Gasteiger partial charge >= 0.3 is 6.18 Å². The fraction of sp³-hybridized carbons (Fsp3) is 1.00. The summed E-state index contributed by atoms with van der Waals surface area (Å²) in [5, 5.41) is 1.50. The molecule has 0 atom stereocenters. The molecule has 0 aliphatic rings. The standard InChI is InChI=1S/C10H17Br2F3O/c1-8(2)9(5-11,6-12)3-4-16-7-10(13,14)15/h8H,3-7H2,1-2H3. The smallest absolute Gasteiger partial charge is 0.372 e. The Labute approximate surface area is 111 Å². The van der Waals surface area contributed by atoms with E-state index in [1.165, 1.54) is 0 Å². The van der Waals surface area contributed by atoms with E-state index in [2.05, 4.69) is 50.4 Å². The highest BCUT2D eigenvalue weighted by Gasteiger charge is 2.32. The number of ether oxygens (including phenoxy) is 1. The first-order valence-electron chi connectivity index (χ1n) is 5.04. The average molecular weight is 370 g/mol. The van der Waals surface area contributed by atoms with E-state index < -0.39 is 12.8 Å². The molecule has 0 saturated heterocycles. The van der Waals surface area contributed by atoms with Crippen molar-refractivity contribution in [2.45, 2.75) is 26.4 Å². The van der Waals surface area contributed by atoms with Gasteiger partial charge in [0.05, 0.1) is 0 Å². The molecule has 0 saturated carbocycles. The molecule has 0 N–H and O–H groups in total. The van der Waals surface area contributed by atoms with Crippen molar-refractivity contribution in [3.05, 3.63) is 0 Å². The highest BCUT2D eigenvalue weighted by Crippen LogP contribution is 2.35. The summed E-state index contributed by atoms with van der Waals surface area (Å²) in [4.78, 5) is 0. The third-order valence-corrected chi connectivity index (χ3v) is 5.00. The lowest BCUT2D eigenvalue weighted by Crippen LogP contribution is -2.33. The lowest BCUT2D eigenvalue weighted by molar-refractivity contribution is -0.175. The summed E-state index contributed by atoms with van der Waals surface area (Å²) < 4.78 is 40.2. The highest BCUT2D eigenvalue weighted by atomic mass is 79.9. The van der Waals surface area contributed by atoms with Gasteiger partial charge in [0.2, 0.25) is 0 Å². The molecule has 0 aliphatic carbocycles. The second kappa shape index (κ2) is 7.21. The van der Waals surface area contributed by atoms with E-state index in [-0.39, 0.29) is 12.0 Å². The van der Waals surface area contributed by atoms with Gasteiger partial charge in [-0.1, -0.05) is 45.7 Å². The SMILES string of the molecule is CC(C)C(CBr)(CBr)CCOCC(F)(F)F. The van der Waals surface area contributed by atoms with Crippen molar-refractivity contribution in [3.8, 4) is 0 Å². The van der Waals surface area contributed by atoms with Crippen molar-refractivity contribution in [2.24, 2.45) is 11.3 Å². The predicted molar refractivity (Wildman–Crippen MR) is 66.4 cm³/mol. The maximum absolute atomic E-state index is 11.9. The normalized spacial score (nSPS) is 13.5. The van der Waals surface area contributed by atoms with Crippen LogP contribution in [0.1, 0.15) is 20.3 Å². The van der Waals surface area contributed by atoms with Gasteiger partial charge < -0.3 is 4.74 Å². The zero-order chi connectivity index (χ0) is 12.8. The molecule has 16 heavy (non-hydrogen) atoms. The van der Waals surface area contributed by atoms with Crippen LogP contribution >= 0.6 is 31.9 Å². The fourth-order valence-corrected chi connectivity index (χ4v) is 4.01. The molecule has 0 aliphatic heterocycles. The molecule has 0 aromatic heterocycles. The third kappa shape index (κ3) is 5.87. The first-order chi connectivity index (χ1) is 7.27. The molecule has 0 spiro atoms. The van der Waals surface area contributed by atoms with Crippen LogP contribution < -0.4 is 0 Å². The zero-order valence-corrected chi connectivity index (χ0v) is 12.6. The van der Waals surface area contributed by atoms with Crippen LogP contribution in [-0.4, -0.2) is 30.1 Å². The molecule has 98 valence electrons. The lowest BCUT2D eigenvalue weighted by Gasteiger charge is -2.34. The van der Waals surface area contributed by atoms with Crippen LogP contribution in [0.4, 0.5) is 13.2 Å². The highest BCUT2D eigenvalue weighted by molar-refractivity contribution is 9.09. The van der Waals surface area contributed by atoms with E-state index in [4.69, 9.17) is 0 Å². The quantitative estimate of drug-likeness (QED) is 0.477. The molecule has 0 rings (SSSR count). The van der Waals surface area contributed by atoms with Crippen LogP contribution in [0.3, 0.4) is 0 Å². The van der Waals surface area contributed by atoms with Gasteiger partial charge in [-0.3, -0.25) is 0 Å². The van der Waals surface area contributed by atoms with E-state index >= 15 is 0 Å². The number of hydrogen-bond acceptors (Lipinski definition) is 1. The summed E-state index contributed by atoms with van der Waals surface area (Å²) in [5.41, 5.74) is -0.0500. The van der Waals surface area contributed by atoms with Gasteiger partial charge in [-0.15, -0.1) is 0 Å². The number of alkyl halides is 5. The summed E-state index contributed by atoms with van der Waals surface area (Å²) in [6.45, 7) is 3.10. The Morgan fingerprint density at radius 3 is 1.94 bits per heavy atom. The van der Waals surface area contributed by atoms with Gasteiger partial charge in [-0.25, -0.2) is 0 Å². The van der Waals surface area contributed by atoms with E-state index in [1.54, 1.807) is 0 Å². The molecule has 0 amide bonds. The minimum atomic E-state index is -4.23. The molecule has 0 aromatic carbocycles. The number of rotatable bonds is 7. The molecule has 0 fully saturated rings. The van der Waals surface area contributed by atoms with Gasteiger partial charge in [0.25, 0.3) is 0 Å². The van der Waals surface area contributed by atoms with Crippen molar-refractivity contribution in [2.75, 3.05) is 23.9 Å². The summed E-state index contributed by atoms with van der Waals surface area (Å²) in [6, 6.07) is 0. The maximum Gasteiger partial charge on any atom is 0.411 e. The third-order valence-electron chi connectivity index (χ3n) is 2.77. The Balaban J connectivity index is 4.04. The topological polar surface area (TPSA) is 9.23 Å². The first-order valence-corrected chi connectivity index (χ1v) is 7.28. The molecule has 0 bridgehead atoms. The van der Waals surface area contributed by atoms with Crippen LogP contribution in [0.25, 0.3) is 0 Å². The van der Waals surface area contributed by atoms with Crippen molar-refractivity contribution < 1.29 is 17.9 Å². The second-order valence-corrected chi connectivity index (χ2v) is 5.32. The minimum absolute atomic E-state index is 0.0500. The van der Waals surface area contributed by atoms with Gasteiger partial charge in [0.15, 0.2) is 0 Å². The Bertz CT molecular complexity index is 191. The van der Waals surface area contributed by atoms with Crippen molar-refractivity contribution >= 4 is 31.9 Å². The van der Waals surface area contributed by atoms with Crippen LogP contribution in [0.15, 0.2) is 0 Å². The van der Waals surface area contributed by atoms with Crippen LogP contribution in [-0.2, 0) is 4.74 Å². The van der Waals surface area contributed by atoms with Crippen molar-refractivity contribution in [3.63, 3.8) is 0 Å². The molecule has 1 nitrogen and oxygen atoms in total. The lowest BCUT2D eigenvalue weighted by atomic mass is 9.78. The van der Waals surface area contributed by atoms with E-state index in [9.17, 15) is 13.2 Å². The summed E-state index contributed by atoms with van der Waals surface area (Å²) in [5.74, 6) is 0.376. The number of hydrogen-bond donors (Lipinski definition) is 0. The van der Waals surface area contributed by atoms with Crippen molar-refractivity contribution in [1.82, 2.24) is 0 Å². The van der Waals surface area contributed by atoms with Gasteiger partial charge in [-0.05, 0) is 17.8 Å². The van der Waals surface area contributed by atoms with E-state index in [0.717, 1.165) is 10.7 Å². The molecule has 0 aromatic rings. The van der Waals surface area contributed by atoms with Crippen LogP contribution in [0.5, 0.6) is 0 Å². The fourth-order valence-electron chi connectivity index (χ4n) is 1.23. The van der Waals surface area contributed by atoms with E-state index in [0.29, 0.717) is 12.3 Å². The largest absolute Gasteiger partial charge is 0.411 e. The van der Waals surface area contributed by atoms with Crippen LogP contribution in [0.2, 0.25) is 0 Å². The molecular formula is C10H17Br2F3O. The summed E-state index contributed by atoms with van der Waals surface area (Å²) >= 11 is 6.84. The Morgan fingerprint density at radius 2 is 1.62 bits per heavy atom.